The maximum absolute atomic E-state index is 6.21. The lowest BCUT2D eigenvalue weighted by Gasteiger charge is -2.26. The van der Waals surface area contributed by atoms with Crippen molar-refractivity contribution in [3.63, 3.8) is 0 Å². The average molecular weight is 905 g/mol. The van der Waals surface area contributed by atoms with Gasteiger partial charge >= 0.3 is 0 Å². The van der Waals surface area contributed by atoms with E-state index in [1.807, 2.05) is 12.1 Å². The van der Waals surface area contributed by atoms with Crippen LogP contribution in [0.25, 0.3) is 115 Å². The predicted molar refractivity (Wildman–Crippen MR) is 299 cm³/mol. The van der Waals surface area contributed by atoms with Crippen molar-refractivity contribution < 1.29 is 4.42 Å². The molecule has 0 spiro atoms. The van der Waals surface area contributed by atoms with Gasteiger partial charge in [-0.05, 0) is 139 Å². The Bertz CT molecular complexity index is 4260. The maximum Gasteiger partial charge on any atom is 0.136 e. The number of hydrogen-bond donors (Lipinski definition) is 0. The SMILES string of the molecule is c1cc(-c2ccc(-c3ccc(N(c4ccc(-c5ccc(-c6cccc7oc8ccccc8c67)cc5)cc4)c4ccc5c(ccc6ccccc65)c4)cc3)cc2)cc(-n2c3ccccc3c3ccccc32)c1. The normalized spacial score (nSPS) is 11.7. The molecule has 0 aliphatic rings. The number of fused-ring (bicyclic) bond motifs is 9. The molecule has 0 bridgehead atoms. The molecular weight excluding hydrogens is 861 g/mol. The van der Waals surface area contributed by atoms with Gasteiger partial charge < -0.3 is 13.9 Å². The summed E-state index contributed by atoms with van der Waals surface area (Å²) in [6, 6.07) is 96.7. The highest BCUT2D eigenvalue weighted by molar-refractivity contribution is 6.13. The standard InChI is InChI=1S/C68H44N2O/c1-2-14-58-50(11-1)31-32-53-44-57(41-42-59(53)58)69(55-39-35-48(36-40-55)46-27-29-51(30-28-46)60-18-10-22-67-68(60)63-17-5-8-21-66(63)71-67)54-37-33-47(34-38-54)45-23-25-49(26-24-45)52-12-9-13-56(43-52)70-64-19-6-3-15-61(64)62-16-4-7-20-65(62)70/h1-44H. The number of anilines is 3. The fourth-order valence-corrected chi connectivity index (χ4v) is 10.9. The van der Waals surface area contributed by atoms with Crippen molar-refractivity contribution in [3.05, 3.63) is 267 Å². The third kappa shape index (κ3) is 6.97. The highest BCUT2D eigenvalue weighted by atomic mass is 16.3. The van der Waals surface area contributed by atoms with Crippen LogP contribution in [-0.4, -0.2) is 4.57 Å². The van der Waals surface area contributed by atoms with Crippen LogP contribution in [-0.2, 0) is 0 Å². The van der Waals surface area contributed by atoms with Crippen LogP contribution in [0.15, 0.2) is 271 Å². The Balaban J connectivity index is 0.780. The van der Waals surface area contributed by atoms with E-state index >= 15 is 0 Å². The summed E-state index contributed by atoms with van der Waals surface area (Å²) in [4.78, 5) is 2.37. The van der Waals surface area contributed by atoms with Crippen LogP contribution in [0.3, 0.4) is 0 Å². The molecule has 0 radical (unpaired) electrons. The number of nitrogens with zero attached hydrogens (tertiary/aromatic N) is 2. The first-order valence-electron chi connectivity index (χ1n) is 24.3. The molecule has 0 saturated carbocycles. The van der Waals surface area contributed by atoms with E-state index in [1.165, 1.54) is 82.3 Å². The molecule has 0 amide bonds. The van der Waals surface area contributed by atoms with E-state index in [0.717, 1.165) is 50.3 Å². The van der Waals surface area contributed by atoms with Gasteiger partial charge in [0.1, 0.15) is 11.2 Å². The number of benzene rings is 12. The van der Waals surface area contributed by atoms with E-state index < -0.39 is 0 Å². The van der Waals surface area contributed by atoms with Crippen molar-refractivity contribution in [2.24, 2.45) is 0 Å². The van der Waals surface area contributed by atoms with Gasteiger partial charge in [0.05, 0.1) is 11.0 Å². The zero-order chi connectivity index (χ0) is 46.8. The molecule has 0 saturated heterocycles. The van der Waals surface area contributed by atoms with E-state index in [2.05, 4.69) is 264 Å². The lowest BCUT2D eigenvalue weighted by molar-refractivity contribution is 0.669. The van der Waals surface area contributed by atoms with Crippen LogP contribution >= 0.6 is 0 Å². The Kier molecular flexibility index (Phi) is 9.53. The second kappa shape index (κ2) is 16.7. The van der Waals surface area contributed by atoms with E-state index in [1.54, 1.807) is 0 Å². The molecule has 2 heterocycles. The number of aromatic nitrogens is 1. The fourth-order valence-electron chi connectivity index (χ4n) is 10.9. The van der Waals surface area contributed by atoms with Gasteiger partial charge in [0.2, 0.25) is 0 Å². The molecule has 14 aromatic rings. The largest absolute Gasteiger partial charge is 0.456 e. The van der Waals surface area contributed by atoms with E-state index in [9.17, 15) is 0 Å². The van der Waals surface area contributed by atoms with Gasteiger partial charge in [-0.2, -0.15) is 0 Å². The summed E-state index contributed by atoms with van der Waals surface area (Å²) in [6.45, 7) is 0. The summed E-state index contributed by atoms with van der Waals surface area (Å²) in [6.07, 6.45) is 0. The molecule has 0 unspecified atom stereocenters. The molecule has 12 aromatic carbocycles. The Morgan fingerprint density at radius 2 is 0.761 bits per heavy atom. The second-order valence-electron chi connectivity index (χ2n) is 18.5. The van der Waals surface area contributed by atoms with Crippen molar-refractivity contribution in [2.45, 2.75) is 0 Å². The van der Waals surface area contributed by atoms with Crippen LogP contribution in [0, 0.1) is 0 Å². The Hall–Kier alpha value is -9.44. The third-order valence-corrected chi connectivity index (χ3v) is 14.4. The number of rotatable bonds is 8. The topological polar surface area (TPSA) is 21.3 Å². The molecule has 332 valence electrons. The fraction of sp³-hybridized carbons (Fsp3) is 0. The molecule has 0 aliphatic heterocycles. The molecule has 0 aliphatic carbocycles. The van der Waals surface area contributed by atoms with E-state index in [0.29, 0.717) is 0 Å². The van der Waals surface area contributed by atoms with Gasteiger partial charge in [-0.1, -0.05) is 194 Å². The summed E-state index contributed by atoms with van der Waals surface area (Å²) < 4.78 is 8.59. The maximum atomic E-state index is 6.21. The molecule has 2 aromatic heterocycles. The molecule has 3 nitrogen and oxygen atoms in total. The summed E-state index contributed by atoms with van der Waals surface area (Å²) in [7, 11) is 0. The predicted octanol–water partition coefficient (Wildman–Crippen LogP) is 19.1. The molecule has 0 fully saturated rings. The summed E-state index contributed by atoms with van der Waals surface area (Å²) in [5.41, 5.74) is 18.1. The summed E-state index contributed by atoms with van der Waals surface area (Å²) >= 11 is 0. The summed E-state index contributed by atoms with van der Waals surface area (Å²) in [5, 5.41) is 9.80. The monoisotopic (exact) mass is 904 g/mol. The minimum atomic E-state index is 0.908. The summed E-state index contributed by atoms with van der Waals surface area (Å²) in [5.74, 6) is 0. The van der Waals surface area contributed by atoms with Crippen LogP contribution in [0.5, 0.6) is 0 Å². The number of para-hydroxylation sites is 3. The average Bonchev–Trinajstić information content (AvgIpc) is 4.00. The van der Waals surface area contributed by atoms with Crippen LogP contribution < -0.4 is 4.90 Å². The Morgan fingerprint density at radius 1 is 0.282 bits per heavy atom. The number of furan rings is 1. The van der Waals surface area contributed by atoms with E-state index in [4.69, 9.17) is 4.42 Å². The van der Waals surface area contributed by atoms with Crippen LogP contribution in [0.2, 0.25) is 0 Å². The first-order valence-corrected chi connectivity index (χ1v) is 24.3. The van der Waals surface area contributed by atoms with Crippen LogP contribution in [0.4, 0.5) is 17.1 Å². The number of hydrogen-bond acceptors (Lipinski definition) is 2. The highest BCUT2D eigenvalue weighted by Crippen LogP contribution is 2.41. The minimum Gasteiger partial charge on any atom is -0.456 e. The molecular formula is C68H44N2O. The highest BCUT2D eigenvalue weighted by Gasteiger charge is 2.17. The van der Waals surface area contributed by atoms with Gasteiger partial charge in [-0.15, -0.1) is 0 Å². The van der Waals surface area contributed by atoms with Gasteiger partial charge in [-0.25, -0.2) is 0 Å². The molecule has 14 rings (SSSR count). The quantitative estimate of drug-likeness (QED) is 0.142. The molecule has 71 heavy (non-hydrogen) atoms. The molecule has 3 heteroatoms. The van der Waals surface area contributed by atoms with Crippen molar-refractivity contribution in [2.75, 3.05) is 4.90 Å². The van der Waals surface area contributed by atoms with Crippen molar-refractivity contribution in [1.82, 2.24) is 4.57 Å². The van der Waals surface area contributed by atoms with Crippen molar-refractivity contribution in [1.29, 1.82) is 0 Å². The van der Waals surface area contributed by atoms with Gasteiger partial charge in [0, 0.05) is 44.3 Å². The first kappa shape index (κ1) is 40.6. The zero-order valence-corrected chi connectivity index (χ0v) is 38.7. The first-order chi connectivity index (χ1) is 35.2. The zero-order valence-electron chi connectivity index (χ0n) is 38.7. The Labute approximate surface area is 411 Å². The van der Waals surface area contributed by atoms with Crippen LogP contribution in [0.1, 0.15) is 0 Å². The third-order valence-electron chi connectivity index (χ3n) is 14.4. The smallest absolute Gasteiger partial charge is 0.136 e. The van der Waals surface area contributed by atoms with Gasteiger partial charge in [0.25, 0.3) is 0 Å². The van der Waals surface area contributed by atoms with Gasteiger partial charge in [0.15, 0.2) is 0 Å². The Morgan fingerprint density at radius 3 is 1.42 bits per heavy atom. The molecule has 0 N–H and O–H groups in total. The van der Waals surface area contributed by atoms with Crippen molar-refractivity contribution >= 4 is 82.4 Å². The van der Waals surface area contributed by atoms with Gasteiger partial charge in [-0.3, -0.25) is 0 Å². The second-order valence-corrected chi connectivity index (χ2v) is 18.5. The van der Waals surface area contributed by atoms with E-state index in [-0.39, 0.29) is 0 Å². The molecule has 0 atom stereocenters. The lowest BCUT2D eigenvalue weighted by atomic mass is 9.97. The van der Waals surface area contributed by atoms with Crippen molar-refractivity contribution in [3.8, 4) is 50.2 Å². The lowest BCUT2D eigenvalue weighted by Crippen LogP contribution is -2.09. The minimum absolute atomic E-state index is 0.908.